The lowest BCUT2D eigenvalue weighted by Crippen LogP contribution is -2.51. The van der Waals surface area contributed by atoms with Gasteiger partial charge in [-0.3, -0.25) is 19.6 Å². The molecule has 3 amide bonds. The molecule has 3 aliphatic rings. The fourth-order valence-corrected chi connectivity index (χ4v) is 7.75. The van der Waals surface area contributed by atoms with Crippen molar-refractivity contribution in [2.75, 3.05) is 45.7 Å². The molecule has 3 saturated heterocycles. The van der Waals surface area contributed by atoms with E-state index < -0.39 is 5.54 Å². The van der Waals surface area contributed by atoms with E-state index >= 15 is 0 Å². The molecule has 0 radical (unpaired) electrons. The molecular weight excluding hydrogens is 554 g/mol. The minimum atomic E-state index is -0.935. The molecule has 3 fully saturated rings. The predicted octanol–water partition coefficient (Wildman–Crippen LogP) is 4.84. The number of benzene rings is 3. The van der Waals surface area contributed by atoms with E-state index in [0.717, 1.165) is 33.2 Å². The number of fused-ring (bicyclic) bond motifs is 1. The number of carbonyl (C=O) groups is 2. The van der Waals surface area contributed by atoms with Gasteiger partial charge in [-0.25, -0.2) is 4.79 Å². The summed E-state index contributed by atoms with van der Waals surface area (Å²) in [6, 6.07) is 21.5. The van der Waals surface area contributed by atoms with Crippen LogP contribution in [0.5, 0.6) is 11.5 Å². The lowest BCUT2D eigenvalue weighted by molar-refractivity contribution is -0.133. The summed E-state index contributed by atoms with van der Waals surface area (Å²) in [5.41, 5.74) is 3.24. The van der Waals surface area contributed by atoms with Crippen LogP contribution in [0, 0.1) is 5.92 Å². The van der Waals surface area contributed by atoms with E-state index in [4.69, 9.17) is 4.74 Å². The predicted molar refractivity (Wildman–Crippen MR) is 169 cm³/mol. The molecule has 1 N–H and O–H groups in total. The number of aromatic hydroxyl groups is 1. The number of anilines is 1. The van der Waals surface area contributed by atoms with Gasteiger partial charge in [-0.05, 0) is 65.3 Å². The van der Waals surface area contributed by atoms with E-state index in [0.29, 0.717) is 44.8 Å². The average Bonchev–Trinajstić information content (AvgIpc) is 3.60. The highest BCUT2D eigenvalue weighted by molar-refractivity contribution is 6.09. The van der Waals surface area contributed by atoms with Crippen LogP contribution < -0.4 is 9.64 Å². The van der Waals surface area contributed by atoms with E-state index in [1.165, 1.54) is 12.0 Å². The maximum Gasteiger partial charge on any atom is 0.328 e. The minimum Gasteiger partial charge on any atom is -0.504 e. The van der Waals surface area contributed by atoms with Crippen molar-refractivity contribution < 1.29 is 19.4 Å². The van der Waals surface area contributed by atoms with Crippen LogP contribution in [-0.4, -0.2) is 83.1 Å². The second kappa shape index (κ2) is 10.8. The number of aromatic nitrogens is 1. The van der Waals surface area contributed by atoms with Crippen LogP contribution >= 0.6 is 0 Å². The molecule has 44 heavy (non-hydrogen) atoms. The summed E-state index contributed by atoms with van der Waals surface area (Å²) < 4.78 is 5.22. The SMILES string of the molecule is COc1ccc(CN2C[C@H]3C[C@H](c4ccc(N(C)C)c5ccccc45)N4C(=O)N(CCc5ccncc5)C(=O)C34C2)cc1O. The van der Waals surface area contributed by atoms with Gasteiger partial charge in [-0.1, -0.05) is 36.4 Å². The first-order chi connectivity index (χ1) is 21.3. The number of rotatable bonds is 8. The molecule has 1 aromatic heterocycles. The zero-order chi connectivity index (χ0) is 30.6. The molecule has 3 atom stereocenters. The monoisotopic (exact) mass is 591 g/mol. The van der Waals surface area contributed by atoms with E-state index in [1.807, 2.05) is 49.3 Å². The summed E-state index contributed by atoms with van der Waals surface area (Å²) in [5.74, 6) is 0.396. The largest absolute Gasteiger partial charge is 0.504 e. The fourth-order valence-electron chi connectivity index (χ4n) is 7.75. The second-order valence-electron chi connectivity index (χ2n) is 12.4. The van der Waals surface area contributed by atoms with Crippen LogP contribution in [0.15, 0.2) is 79.1 Å². The second-order valence-corrected chi connectivity index (χ2v) is 12.4. The van der Waals surface area contributed by atoms with Gasteiger partial charge in [0.05, 0.1) is 13.2 Å². The Morgan fingerprint density at radius 2 is 1.77 bits per heavy atom. The number of likely N-dealkylation sites (tertiary alicyclic amines) is 1. The lowest BCUT2D eigenvalue weighted by Gasteiger charge is -2.32. The van der Waals surface area contributed by atoms with Gasteiger partial charge in [0.15, 0.2) is 11.5 Å². The van der Waals surface area contributed by atoms with Gasteiger partial charge in [-0.15, -0.1) is 0 Å². The molecule has 0 bridgehead atoms. The van der Waals surface area contributed by atoms with Crippen LogP contribution in [0.4, 0.5) is 10.5 Å². The number of urea groups is 1. The molecular formula is C35H37N5O4. The topological polar surface area (TPSA) is 89.5 Å². The molecule has 1 spiro atoms. The van der Waals surface area contributed by atoms with E-state index in [2.05, 4.69) is 39.0 Å². The Morgan fingerprint density at radius 3 is 2.50 bits per heavy atom. The molecule has 226 valence electrons. The number of methoxy groups -OCH3 is 1. The molecule has 4 aromatic rings. The maximum atomic E-state index is 14.5. The normalized spacial score (nSPS) is 23.0. The minimum absolute atomic E-state index is 0.0194. The Balaban J connectivity index is 1.25. The first kappa shape index (κ1) is 28.2. The van der Waals surface area contributed by atoms with Crippen LogP contribution in [0.25, 0.3) is 10.8 Å². The van der Waals surface area contributed by atoms with Gasteiger partial charge in [0.25, 0.3) is 5.91 Å². The van der Waals surface area contributed by atoms with Crippen molar-refractivity contribution in [2.45, 2.75) is 31.0 Å². The quantitative estimate of drug-likeness (QED) is 0.294. The van der Waals surface area contributed by atoms with Crippen LogP contribution in [-0.2, 0) is 17.8 Å². The third-order valence-corrected chi connectivity index (χ3v) is 9.72. The molecule has 9 heteroatoms. The Hall–Kier alpha value is -4.63. The van der Waals surface area contributed by atoms with Gasteiger partial charge in [0, 0.05) is 69.7 Å². The van der Waals surface area contributed by atoms with Crippen LogP contribution in [0.3, 0.4) is 0 Å². The van der Waals surface area contributed by atoms with Crippen LogP contribution in [0.2, 0.25) is 0 Å². The number of imide groups is 1. The highest BCUT2D eigenvalue weighted by atomic mass is 16.5. The maximum absolute atomic E-state index is 14.5. The van der Waals surface area contributed by atoms with Crippen molar-refractivity contribution in [1.82, 2.24) is 19.7 Å². The Morgan fingerprint density at radius 1 is 1.00 bits per heavy atom. The van der Waals surface area contributed by atoms with E-state index in [9.17, 15) is 14.7 Å². The molecule has 9 nitrogen and oxygen atoms in total. The fraction of sp³-hybridized carbons (Fsp3) is 0.343. The van der Waals surface area contributed by atoms with Crippen molar-refractivity contribution >= 4 is 28.4 Å². The lowest BCUT2D eigenvalue weighted by atomic mass is 9.87. The smallest absolute Gasteiger partial charge is 0.328 e. The summed E-state index contributed by atoms with van der Waals surface area (Å²) in [7, 11) is 5.61. The molecule has 0 saturated carbocycles. The average molecular weight is 592 g/mol. The van der Waals surface area contributed by atoms with Crippen molar-refractivity contribution in [1.29, 1.82) is 0 Å². The van der Waals surface area contributed by atoms with Gasteiger partial charge in [-0.2, -0.15) is 0 Å². The van der Waals surface area contributed by atoms with Gasteiger partial charge in [0.2, 0.25) is 0 Å². The highest BCUT2D eigenvalue weighted by Crippen LogP contribution is 2.56. The number of amides is 3. The summed E-state index contributed by atoms with van der Waals surface area (Å²) in [6.45, 7) is 2.02. The first-order valence-corrected chi connectivity index (χ1v) is 15.1. The van der Waals surface area contributed by atoms with E-state index in [-0.39, 0.29) is 29.6 Å². The molecule has 7 rings (SSSR count). The number of nitrogens with zero attached hydrogens (tertiary/aromatic N) is 5. The summed E-state index contributed by atoms with van der Waals surface area (Å²) >= 11 is 0. The van der Waals surface area contributed by atoms with Gasteiger partial charge in [0.1, 0.15) is 5.54 Å². The third kappa shape index (κ3) is 4.37. The Labute approximate surface area is 257 Å². The number of phenolic OH excluding ortho intramolecular Hbond substituents is 1. The van der Waals surface area contributed by atoms with Gasteiger partial charge >= 0.3 is 6.03 Å². The van der Waals surface area contributed by atoms with Crippen LogP contribution in [0.1, 0.15) is 29.2 Å². The van der Waals surface area contributed by atoms with Crippen molar-refractivity contribution in [3.63, 3.8) is 0 Å². The standard InChI is InChI=1S/C35H37N5O4/c1-37(2)29-10-9-28(26-6-4-5-7-27(26)29)30-19-25-21-38(20-24-8-11-32(44-3)31(41)18-24)22-35(25)33(42)39(34(43)40(30)35)17-14-23-12-15-36-16-13-23/h4-13,15-16,18,25,30,41H,14,17,19-22H2,1-3H3/t25-,30-,35?/m1/s1. The molecule has 0 aliphatic carbocycles. The summed E-state index contributed by atoms with van der Waals surface area (Å²) in [6.07, 6.45) is 4.76. The number of ether oxygens (including phenoxy) is 1. The number of phenols is 1. The summed E-state index contributed by atoms with van der Waals surface area (Å²) in [5, 5.41) is 12.6. The molecule has 3 aromatic carbocycles. The summed E-state index contributed by atoms with van der Waals surface area (Å²) in [4.78, 5) is 40.7. The van der Waals surface area contributed by atoms with E-state index in [1.54, 1.807) is 24.5 Å². The number of carbonyl (C=O) groups excluding carboxylic acids is 2. The first-order valence-electron chi connectivity index (χ1n) is 15.1. The third-order valence-electron chi connectivity index (χ3n) is 9.72. The Bertz CT molecular complexity index is 1740. The van der Waals surface area contributed by atoms with Gasteiger partial charge < -0.3 is 19.6 Å². The van der Waals surface area contributed by atoms with Crippen molar-refractivity contribution in [2.24, 2.45) is 5.92 Å². The number of hydrogen-bond donors (Lipinski definition) is 1. The number of pyridine rings is 1. The number of hydrogen-bond acceptors (Lipinski definition) is 7. The zero-order valence-electron chi connectivity index (χ0n) is 25.3. The highest BCUT2D eigenvalue weighted by Gasteiger charge is 2.70. The molecule has 1 unspecified atom stereocenters. The molecule has 3 aliphatic heterocycles. The Kier molecular flexibility index (Phi) is 6.93. The van der Waals surface area contributed by atoms with Crippen molar-refractivity contribution in [3.8, 4) is 11.5 Å². The van der Waals surface area contributed by atoms with Crippen molar-refractivity contribution in [3.05, 3.63) is 95.8 Å². The molecule has 4 heterocycles. The zero-order valence-corrected chi connectivity index (χ0v) is 25.3.